The number of nitrogens with one attached hydrogen (secondary N) is 1. The highest BCUT2D eigenvalue weighted by Crippen LogP contribution is 2.20. The van der Waals surface area contributed by atoms with Crippen molar-refractivity contribution in [3.63, 3.8) is 0 Å². The maximum absolute atomic E-state index is 12.4. The van der Waals surface area contributed by atoms with Crippen LogP contribution in [0.5, 0.6) is 0 Å². The van der Waals surface area contributed by atoms with Gasteiger partial charge >= 0.3 is 0 Å². The predicted octanol–water partition coefficient (Wildman–Crippen LogP) is 1.33. The molecule has 1 aromatic heterocycles. The Morgan fingerprint density at radius 2 is 2.05 bits per heavy atom. The molecular weight excluding hydrogens is 282 g/mol. The summed E-state index contributed by atoms with van der Waals surface area (Å²) in [6, 6.07) is 3.04. The molecule has 1 aromatic rings. The minimum absolute atomic E-state index is 0.00171. The summed E-state index contributed by atoms with van der Waals surface area (Å²) in [4.78, 5) is 4.01. The van der Waals surface area contributed by atoms with Crippen LogP contribution in [0.2, 0.25) is 0 Å². The maximum Gasteiger partial charge on any atom is 0.243 e. The summed E-state index contributed by atoms with van der Waals surface area (Å²) in [6.45, 7) is 0. The van der Waals surface area contributed by atoms with Crippen molar-refractivity contribution in [1.29, 1.82) is 0 Å². The summed E-state index contributed by atoms with van der Waals surface area (Å²) >= 11 is 4.85. The number of nitrogens with zero attached hydrogens (tertiary/aromatic N) is 1. The minimum Gasteiger partial charge on any atom is -0.388 e. The fourth-order valence-corrected chi connectivity index (χ4v) is 4.00. The molecule has 1 heterocycles. The van der Waals surface area contributed by atoms with Crippen LogP contribution < -0.4 is 10.5 Å². The Labute approximate surface area is 118 Å². The van der Waals surface area contributed by atoms with Gasteiger partial charge in [0, 0.05) is 12.2 Å². The van der Waals surface area contributed by atoms with Crippen LogP contribution in [0, 0.1) is 0 Å². The quantitative estimate of drug-likeness (QED) is 0.819. The van der Waals surface area contributed by atoms with E-state index in [0.29, 0.717) is 0 Å². The number of rotatable bonds is 4. The van der Waals surface area contributed by atoms with Gasteiger partial charge in [0.25, 0.3) is 0 Å². The fourth-order valence-electron chi connectivity index (χ4n) is 2.30. The van der Waals surface area contributed by atoms with E-state index in [1.165, 1.54) is 18.7 Å². The Bertz CT molecular complexity index is 566. The first-order valence-corrected chi connectivity index (χ1v) is 8.17. The molecule has 104 valence electrons. The van der Waals surface area contributed by atoms with Crippen LogP contribution in [0.1, 0.15) is 37.8 Å². The van der Waals surface area contributed by atoms with Gasteiger partial charge in [-0.2, -0.15) is 0 Å². The van der Waals surface area contributed by atoms with Crippen molar-refractivity contribution >= 4 is 27.2 Å². The fraction of sp³-hybridized carbons (Fsp3) is 0.500. The van der Waals surface area contributed by atoms with Gasteiger partial charge < -0.3 is 5.73 Å². The van der Waals surface area contributed by atoms with Crippen molar-refractivity contribution < 1.29 is 8.42 Å². The Balaban J connectivity index is 2.26. The van der Waals surface area contributed by atoms with Crippen molar-refractivity contribution in [1.82, 2.24) is 9.71 Å². The summed E-state index contributed by atoms with van der Waals surface area (Å²) in [7, 11) is -3.62. The predicted molar refractivity (Wildman–Crippen MR) is 77.3 cm³/mol. The number of thiocarbonyl (C=S) groups is 1. The molecule has 0 amide bonds. The molecule has 0 saturated heterocycles. The molecule has 0 aliphatic heterocycles. The highest BCUT2D eigenvalue weighted by molar-refractivity contribution is 7.89. The SMILES string of the molecule is NC(=S)c1ncccc1S(=O)(=O)NC1CCCCC1. The number of hydrogen-bond donors (Lipinski definition) is 2. The van der Waals surface area contributed by atoms with Crippen LogP contribution in [-0.4, -0.2) is 24.4 Å². The molecule has 0 radical (unpaired) electrons. The normalized spacial score (nSPS) is 17.3. The minimum atomic E-state index is -3.62. The van der Waals surface area contributed by atoms with E-state index in [2.05, 4.69) is 9.71 Å². The van der Waals surface area contributed by atoms with Gasteiger partial charge in [0.2, 0.25) is 10.0 Å². The van der Waals surface area contributed by atoms with E-state index in [1.54, 1.807) is 6.07 Å². The summed E-state index contributed by atoms with van der Waals surface area (Å²) in [5.41, 5.74) is 5.67. The van der Waals surface area contributed by atoms with Gasteiger partial charge in [0.15, 0.2) is 0 Å². The van der Waals surface area contributed by atoms with Gasteiger partial charge in [-0.05, 0) is 25.0 Å². The van der Waals surface area contributed by atoms with E-state index in [1.807, 2.05) is 0 Å². The Kier molecular flexibility index (Phi) is 4.49. The van der Waals surface area contributed by atoms with E-state index in [-0.39, 0.29) is 21.6 Å². The lowest BCUT2D eigenvalue weighted by atomic mass is 9.96. The Morgan fingerprint density at radius 3 is 2.68 bits per heavy atom. The lowest BCUT2D eigenvalue weighted by Crippen LogP contribution is -2.37. The van der Waals surface area contributed by atoms with Crippen molar-refractivity contribution in [2.45, 2.75) is 43.0 Å². The number of pyridine rings is 1. The lowest BCUT2D eigenvalue weighted by molar-refractivity contribution is 0.412. The zero-order chi connectivity index (χ0) is 13.9. The first kappa shape index (κ1) is 14.4. The number of aromatic nitrogens is 1. The third-order valence-corrected chi connectivity index (χ3v) is 4.97. The van der Waals surface area contributed by atoms with Crippen LogP contribution in [0.25, 0.3) is 0 Å². The van der Waals surface area contributed by atoms with Crippen molar-refractivity contribution in [3.8, 4) is 0 Å². The zero-order valence-corrected chi connectivity index (χ0v) is 12.1. The summed E-state index contributed by atoms with van der Waals surface area (Å²) in [5.74, 6) is 0. The summed E-state index contributed by atoms with van der Waals surface area (Å²) in [5, 5.41) is 0. The van der Waals surface area contributed by atoms with Crippen LogP contribution in [0.15, 0.2) is 23.2 Å². The zero-order valence-electron chi connectivity index (χ0n) is 10.5. The molecule has 1 saturated carbocycles. The van der Waals surface area contributed by atoms with E-state index in [0.717, 1.165) is 25.7 Å². The van der Waals surface area contributed by atoms with E-state index < -0.39 is 10.0 Å². The molecule has 19 heavy (non-hydrogen) atoms. The van der Waals surface area contributed by atoms with E-state index in [9.17, 15) is 8.42 Å². The molecule has 0 spiro atoms. The van der Waals surface area contributed by atoms with Gasteiger partial charge in [-0.25, -0.2) is 13.1 Å². The molecule has 1 aliphatic rings. The highest BCUT2D eigenvalue weighted by Gasteiger charge is 2.25. The molecule has 3 N–H and O–H groups in total. The number of hydrogen-bond acceptors (Lipinski definition) is 4. The summed E-state index contributed by atoms with van der Waals surface area (Å²) < 4.78 is 27.4. The van der Waals surface area contributed by atoms with E-state index >= 15 is 0 Å². The molecule has 1 fully saturated rings. The van der Waals surface area contributed by atoms with Crippen LogP contribution >= 0.6 is 12.2 Å². The Morgan fingerprint density at radius 1 is 1.37 bits per heavy atom. The van der Waals surface area contributed by atoms with Gasteiger partial charge in [-0.3, -0.25) is 4.98 Å². The molecule has 0 aromatic carbocycles. The van der Waals surface area contributed by atoms with E-state index in [4.69, 9.17) is 18.0 Å². The number of sulfonamides is 1. The molecule has 5 nitrogen and oxygen atoms in total. The molecule has 2 rings (SSSR count). The number of nitrogens with two attached hydrogens (primary N) is 1. The van der Waals surface area contributed by atoms with Gasteiger partial charge in [0.1, 0.15) is 15.6 Å². The van der Waals surface area contributed by atoms with Crippen LogP contribution in [0.4, 0.5) is 0 Å². The molecular formula is C12H17N3O2S2. The average Bonchev–Trinajstić information content (AvgIpc) is 2.39. The monoisotopic (exact) mass is 299 g/mol. The topological polar surface area (TPSA) is 85.1 Å². The average molecular weight is 299 g/mol. The van der Waals surface area contributed by atoms with Gasteiger partial charge in [-0.15, -0.1) is 0 Å². The largest absolute Gasteiger partial charge is 0.388 e. The Hall–Kier alpha value is -1.05. The third kappa shape index (κ3) is 3.49. The highest BCUT2D eigenvalue weighted by atomic mass is 32.2. The lowest BCUT2D eigenvalue weighted by Gasteiger charge is -2.23. The molecule has 0 unspecified atom stereocenters. The maximum atomic E-state index is 12.4. The van der Waals surface area contributed by atoms with Gasteiger partial charge in [0.05, 0.1) is 0 Å². The molecule has 0 atom stereocenters. The van der Waals surface area contributed by atoms with Crippen molar-refractivity contribution in [2.24, 2.45) is 5.73 Å². The van der Waals surface area contributed by atoms with Crippen LogP contribution in [0.3, 0.4) is 0 Å². The second-order valence-corrected chi connectivity index (χ2v) is 6.79. The molecule has 7 heteroatoms. The van der Waals surface area contributed by atoms with Crippen molar-refractivity contribution in [3.05, 3.63) is 24.0 Å². The van der Waals surface area contributed by atoms with Crippen LogP contribution in [-0.2, 0) is 10.0 Å². The smallest absolute Gasteiger partial charge is 0.243 e. The third-order valence-electron chi connectivity index (χ3n) is 3.22. The second kappa shape index (κ2) is 5.94. The first-order chi connectivity index (χ1) is 9.00. The molecule has 1 aliphatic carbocycles. The summed E-state index contributed by atoms with van der Waals surface area (Å²) in [6.07, 6.45) is 6.52. The van der Waals surface area contributed by atoms with Crippen molar-refractivity contribution in [2.75, 3.05) is 0 Å². The second-order valence-electron chi connectivity index (χ2n) is 4.67. The van der Waals surface area contributed by atoms with Gasteiger partial charge in [-0.1, -0.05) is 31.5 Å². The standard InChI is InChI=1S/C12H17N3O2S2/c13-12(18)11-10(7-4-8-14-11)19(16,17)15-9-5-2-1-3-6-9/h4,7-9,15H,1-3,5-6H2,(H2,13,18). The first-order valence-electron chi connectivity index (χ1n) is 6.28. The molecule has 0 bridgehead atoms.